The van der Waals surface area contributed by atoms with Crippen LogP contribution >= 0.6 is 0 Å². The average Bonchev–Trinajstić information content (AvgIpc) is 2.67. The number of hydrogen-bond donors (Lipinski definition) is 1. The summed E-state index contributed by atoms with van der Waals surface area (Å²) in [5.41, 5.74) is 7.53. The Kier molecular flexibility index (Phi) is 4.36. The fraction of sp³-hybridized carbons (Fsp3) is 0.647. The second kappa shape index (κ2) is 6.24. The van der Waals surface area contributed by atoms with Crippen molar-refractivity contribution in [1.29, 1.82) is 0 Å². The molecule has 116 valence electrons. The lowest BCUT2D eigenvalue weighted by molar-refractivity contribution is 0.296. The monoisotopic (exact) mass is 290 g/mol. The second-order valence-electron chi connectivity index (χ2n) is 6.54. The number of likely N-dealkylation sites (tertiary alicyclic amines) is 1. The van der Waals surface area contributed by atoms with Gasteiger partial charge in [-0.05, 0) is 29.5 Å². The molecule has 21 heavy (non-hydrogen) atoms. The molecule has 0 amide bonds. The van der Waals surface area contributed by atoms with Crippen LogP contribution in [0.2, 0.25) is 0 Å². The minimum atomic E-state index is 0.0275. The molecule has 3 unspecified atom stereocenters. The molecule has 4 nitrogen and oxygen atoms in total. The quantitative estimate of drug-likeness (QED) is 0.929. The predicted octanol–water partition coefficient (Wildman–Crippen LogP) is 2.44. The van der Waals surface area contributed by atoms with Crippen molar-refractivity contribution < 1.29 is 9.47 Å². The molecule has 3 rings (SSSR count). The zero-order chi connectivity index (χ0) is 14.8. The molecule has 0 radical (unpaired) electrons. The van der Waals surface area contributed by atoms with Gasteiger partial charge in [-0.3, -0.25) is 0 Å². The van der Waals surface area contributed by atoms with Crippen molar-refractivity contribution in [3.8, 4) is 11.5 Å². The maximum absolute atomic E-state index is 6.40. The molecule has 1 saturated heterocycles. The van der Waals surface area contributed by atoms with Gasteiger partial charge in [0.25, 0.3) is 0 Å². The van der Waals surface area contributed by atoms with Crippen molar-refractivity contribution in [2.24, 2.45) is 17.6 Å². The fourth-order valence-electron chi connectivity index (χ4n) is 3.19. The lowest BCUT2D eigenvalue weighted by atomic mass is 10.0. The number of nitrogens with two attached hydrogens (primary N) is 1. The van der Waals surface area contributed by atoms with Gasteiger partial charge >= 0.3 is 0 Å². The Morgan fingerprint density at radius 3 is 2.52 bits per heavy atom. The first-order chi connectivity index (χ1) is 10.1. The predicted molar refractivity (Wildman–Crippen MR) is 83.7 cm³/mol. The van der Waals surface area contributed by atoms with Crippen LogP contribution in [-0.2, 0) is 0 Å². The number of benzene rings is 1. The van der Waals surface area contributed by atoms with Crippen LogP contribution in [-0.4, -0.2) is 37.7 Å². The third-order valence-electron chi connectivity index (χ3n) is 4.72. The maximum Gasteiger partial charge on any atom is 0.161 e. The number of hydrogen-bond acceptors (Lipinski definition) is 4. The normalized spacial score (nSPS) is 27.4. The fourth-order valence-corrected chi connectivity index (χ4v) is 3.19. The van der Waals surface area contributed by atoms with Gasteiger partial charge in [0.1, 0.15) is 0 Å². The van der Waals surface area contributed by atoms with E-state index in [2.05, 4.69) is 24.8 Å². The summed E-state index contributed by atoms with van der Waals surface area (Å²) in [6.45, 7) is 9.30. The summed E-state index contributed by atoms with van der Waals surface area (Å²) in [4.78, 5) is 2.48. The molecule has 2 aliphatic rings. The Morgan fingerprint density at radius 2 is 1.81 bits per heavy atom. The van der Waals surface area contributed by atoms with E-state index in [-0.39, 0.29) is 6.04 Å². The summed E-state index contributed by atoms with van der Waals surface area (Å²) in [5, 5.41) is 0. The second-order valence-corrected chi connectivity index (χ2v) is 6.54. The van der Waals surface area contributed by atoms with Crippen LogP contribution < -0.4 is 15.2 Å². The summed E-state index contributed by atoms with van der Waals surface area (Å²) in [6.07, 6.45) is 0.930. The third kappa shape index (κ3) is 3.33. The summed E-state index contributed by atoms with van der Waals surface area (Å²) in [5.74, 6) is 3.21. The molecule has 1 fully saturated rings. The lowest BCUT2D eigenvalue weighted by Gasteiger charge is -2.21. The summed E-state index contributed by atoms with van der Waals surface area (Å²) in [6, 6.07) is 6.14. The van der Waals surface area contributed by atoms with Gasteiger partial charge in [0.15, 0.2) is 11.5 Å². The van der Waals surface area contributed by atoms with Crippen LogP contribution in [0, 0.1) is 11.8 Å². The first kappa shape index (κ1) is 14.7. The van der Waals surface area contributed by atoms with Gasteiger partial charge < -0.3 is 20.1 Å². The molecule has 2 heterocycles. The van der Waals surface area contributed by atoms with Crippen LogP contribution in [0.25, 0.3) is 0 Å². The average molecular weight is 290 g/mol. The number of nitrogens with zero attached hydrogens (tertiary/aromatic N) is 1. The Bertz CT molecular complexity index is 482. The van der Waals surface area contributed by atoms with Crippen molar-refractivity contribution >= 4 is 0 Å². The summed E-state index contributed by atoms with van der Waals surface area (Å²) in [7, 11) is 0. The van der Waals surface area contributed by atoms with Crippen LogP contribution in [0.5, 0.6) is 11.5 Å². The van der Waals surface area contributed by atoms with Gasteiger partial charge in [0, 0.05) is 32.1 Å². The van der Waals surface area contributed by atoms with Gasteiger partial charge in [0.2, 0.25) is 0 Å². The van der Waals surface area contributed by atoms with E-state index in [4.69, 9.17) is 15.2 Å². The van der Waals surface area contributed by atoms with Gasteiger partial charge in [-0.15, -0.1) is 0 Å². The van der Waals surface area contributed by atoms with E-state index in [1.54, 1.807) is 0 Å². The molecule has 0 saturated carbocycles. The van der Waals surface area contributed by atoms with Crippen molar-refractivity contribution in [2.75, 3.05) is 32.8 Å². The highest BCUT2D eigenvalue weighted by Gasteiger charge is 2.27. The Morgan fingerprint density at radius 1 is 1.14 bits per heavy atom. The minimum Gasteiger partial charge on any atom is -0.490 e. The van der Waals surface area contributed by atoms with Crippen LogP contribution in [0.1, 0.15) is 31.9 Å². The van der Waals surface area contributed by atoms with Crippen molar-refractivity contribution in [3.05, 3.63) is 23.8 Å². The van der Waals surface area contributed by atoms with Gasteiger partial charge in [-0.1, -0.05) is 19.9 Å². The first-order valence-electron chi connectivity index (χ1n) is 8.01. The standard InChI is InChI=1S/C17H26N2O2/c1-12-9-19(10-13(12)2)11-15(18)14-4-5-16-17(8-14)21-7-3-6-20-16/h4-5,8,12-13,15H,3,6-7,9-11,18H2,1-2H3. The van der Waals surface area contributed by atoms with Gasteiger partial charge in [-0.2, -0.15) is 0 Å². The Labute approximate surface area is 127 Å². The molecular weight excluding hydrogens is 264 g/mol. The van der Waals surface area contributed by atoms with E-state index in [1.807, 2.05) is 12.1 Å². The molecule has 1 aromatic rings. The topological polar surface area (TPSA) is 47.7 Å². The van der Waals surface area contributed by atoms with Crippen molar-refractivity contribution in [2.45, 2.75) is 26.3 Å². The maximum atomic E-state index is 6.40. The SMILES string of the molecule is CC1CN(CC(N)c2ccc3c(c2)OCCCO3)CC1C. The van der Waals surface area contributed by atoms with Crippen LogP contribution in [0.3, 0.4) is 0 Å². The van der Waals surface area contributed by atoms with E-state index < -0.39 is 0 Å². The van der Waals surface area contributed by atoms with Gasteiger partial charge in [0.05, 0.1) is 13.2 Å². The first-order valence-corrected chi connectivity index (χ1v) is 8.01. The zero-order valence-corrected chi connectivity index (χ0v) is 13.0. The number of ether oxygens (including phenoxy) is 2. The minimum absolute atomic E-state index is 0.0275. The summed E-state index contributed by atoms with van der Waals surface area (Å²) < 4.78 is 11.4. The Hall–Kier alpha value is -1.26. The van der Waals surface area contributed by atoms with Crippen molar-refractivity contribution in [1.82, 2.24) is 4.90 Å². The zero-order valence-electron chi connectivity index (χ0n) is 13.0. The molecule has 2 aliphatic heterocycles. The van der Waals surface area contributed by atoms with Crippen LogP contribution in [0.15, 0.2) is 18.2 Å². The lowest BCUT2D eigenvalue weighted by Crippen LogP contribution is -2.30. The molecule has 4 heteroatoms. The molecule has 2 N–H and O–H groups in total. The van der Waals surface area contributed by atoms with Crippen LogP contribution in [0.4, 0.5) is 0 Å². The Balaban J connectivity index is 1.67. The van der Waals surface area contributed by atoms with E-state index in [1.165, 1.54) is 0 Å². The van der Waals surface area contributed by atoms with E-state index in [0.29, 0.717) is 6.61 Å². The van der Waals surface area contributed by atoms with E-state index >= 15 is 0 Å². The molecule has 0 aromatic heterocycles. The molecule has 0 spiro atoms. The highest BCUT2D eigenvalue weighted by Crippen LogP contribution is 2.32. The highest BCUT2D eigenvalue weighted by atomic mass is 16.5. The number of fused-ring (bicyclic) bond motifs is 1. The van der Waals surface area contributed by atoms with E-state index in [9.17, 15) is 0 Å². The van der Waals surface area contributed by atoms with Gasteiger partial charge in [-0.25, -0.2) is 0 Å². The summed E-state index contributed by atoms with van der Waals surface area (Å²) >= 11 is 0. The molecule has 0 aliphatic carbocycles. The smallest absolute Gasteiger partial charge is 0.161 e. The molecule has 0 bridgehead atoms. The molecular formula is C17H26N2O2. The van der Waals surface area contributed by atoms with Crippen molar-refractivity contribution in [3.63, 3.8) is 0 Å². The molecule has 1 aromatic carbocycles. The highest BCUT2D eigenvalue weighted by molar-refractivity contribution is 5.44. The third-order valence-corrected chi connectivity index (χ3v) is 4.72. The van der Waals surface area contributed by atoms with E-state index in [0.717, 1.165) is 61.6 Å². The number of rotatable bonds is 3. The largest absolute Gasteiger partial charge is 0.490 e. The molecule has 3 atom stereocenters.